The Hall–Kier alpha value is -1.02. The molecule has 496 valence electrons. The number of nitrogens with zero attached hydrogens (tertiary/aromatic N) is 3. The van der Waals surface area contributed by atoms with Crippen LogP contribution in [0.15, 0.2) is 0 Å². The van der Waals surface area contributed by atoms with E-state index in [-0.39, 0.29) is 11.8 Å². The number of hydrogen-bond acceptors (Lipinski definition) is 2. The highest BCUT2D eigenvalue weighted by molar-refractivity contribution is 5.81. The van der Waals surface area contributed by atoms with Crippen molar-refractivity contribution in [1.29, 1.82) is 0 Å². The Bertz CT molecular complexity index is 1310. The molecule has 0 rings (SSSR count). The van der Waals surface area contributed by atoms with Crippen LogP contribution in [-0.2, 0) is 9.59 Å². The second kappa shape index (κ2) is 64.0. The maximum Gasteiger partial charge on any atom is 0.222 e. The molecule has 2 N–H and O–H groups in total. The number of ketones is 1. The summed E-state index contributed by atoms with van der Waals surface area (Å²) in [6.07, 6.45) is 75.8. The third-order valence-corrected chi connectivity index (χ3v) is 19.4. The Morgan fingerprint density at radius 1 is 0.301 bits per heavy atom. The number of carbonyl (C=O) groups is 2. The van der Waals surface area contributed by atoms with E-state index in [9.17, 15) is 9.59 Å². The first-order chi connectivity index (χ1) is 40.6. The van der Waals surface area contributed by atoms with Crippen LogP contribution < -0.4 is 0 Å². The normalized spacial score (nSPS) is 13.1. The number of carbonyl (C=O) groups excluding carboxylic acids is 2. The average molecular weight is 1170 g/mol. The third kappa shape index (κ3) is 58.4. The maximum atomic E-state index is 13.6. The molecular weight excluding hydrogens is 1010 g/mol. The van der Waals surface area contributed by atoms with E-state index in [0.29, 0.717) is 38.1 Å². The van der Waals surface area contributed by atoms with E-state index < -0.39 is 0 Å². The monoisotopic (exact) mass is 1170 g/mol. The predicted octanol–water partition coefficient (Wildman–Crippen LogP) is 24.3. The zero-order valence-electron chi connectivity index (χ0n) is 58.1. The number of amides is 1. The summed E-state index contributed by atoms with van der Waals surface area (Å²) >= 11 is 0. The summed E-state index contributed by atoms with van der Waals surface area (Å²) in [7, 11) is 7.36. The Balaban J connectivity index is 5.09. The van der Waals surface area contributed by atoms with Crippen LogP contribution in [0.5, 0.6) is 0 Å². The molecule has 0 spiro atoms. The molecule has 0 aromatic rings. The molecule has 0 aromatic heterocycles. The van der Waals surface area contributed by atoms with E-state index in [1.807, 2.05) is 0 Å². The SMILES string of the molecule is CCCCCCCCCCCCCCCCCCC(CCC[N+](C)(CCCCCCCCCCCCCCCCCC)CCCC[N+](C)(C)CCCN(CCCCCCCCCCCCCCCCCC)C(=O)CCC[NH-])C(=O)CCC[NH-]. The molecule has 7 heteroatoms. The molecule has 83 heavy (non-hydrogen) atoms. The first-order valence-electron chi connectivity index (χ1n) is 38.3. The first kappa shape index (κ1) is 82.0. The fraction of sp³-hybridized carbons (Fsp3) is 0.974. The van der Waals surface area contributed by atoms with Crippen molar-refractivity contribution < 1.29 is 18.6 Å². The third-order valence-electron chi connectivity index (χ3n) is 19.4. The summed E-state index contributed by atoms with van der Waals surface area (Å²) in [6.45, 7) is 15.3. The van der Waals surface area contributed by atoms with Gasteiger partial charge in [-0.05, 0) is 38.5 Å². The molecule has 7 nitrogen and oxygen atoms in total. The zero-order chi connectivity index (χ0) is 60.7. The van der Waals surface area contributed by atoms with Crippen LogP contribution in [0.1, 0.15) is 393 Å². The van der Waals surface area contributed by atoms with Crippen molar-refractivity contribution in [2.45, 2.75) is 393 Å². The van der Waals surface area contributed by atoms with Crippen LogP contribution in [0.25, 0.3) is 11.5 Å². The Morgan fingerprint density at radius 2 is 0.566 bits per heavy atom. The van der Waals surface area contributed by atoms with Gasteiger partial charge >= 0.3 is 0 Å². The number of nitrogens with one attached hydrogen (secondary N) is 2. The molecular formula is C76H155N5O2. The van der Waals surface area contributed by atoms with E-state index >= 15 is 0 Å². The highest BCUT2D eigenvalue weighted by Crippen LogP contribution is 2.24. The molecule has 0 saturated carbocycles. The van der Waals surface area contributed by atoms with Gasteiger partial charge in [0.1, 0.15) is 5.78 Å². The van der Waals surface area contributed by atoms with Gasteiger partial charge in [0.2, 0.25) is 5.91 Å². The highest BCUT2D eigenvalue weighted by Gasteiger charge is 2.25. The molecule has 0 aliphatic heterocycles. The lowest BCUT2D eigenvalue weighted by Crippen LogP contribution is -2.47. The van der Waals surface area contributed by atoms with Gasteiger partial charge in [0.05, 0.1) is 53.9 Å². The van der Waals surface area contributed by atoms with E-state index in [4.69, 9.17) is 11.5 Å². The minimum Gasteiger partial charge on any atom is -0.677 e. The minimum absolute atomic E-state index is 0.188. The second-order valence-electron chi connectivity index (χ2n) is 28.3. The number of unbranched alkanes of at least 4 members (excludes halogenated alkanes) is 46. The molecule has 0 aliphatic rings. The lowest BCUT2D eigenvalue weighted by atomic mass is 9.89. The van der Waals surface area contributed by atoms with E-state index in [2.05, 4.69) is 46.8 Å². The Kier molecular flexibility index (Phi) is 63.2. The lowest BCUT2D eigenvalue weighted by Gasteiger charge is -2.36. The zero-order valence-corrected chi connectivity index (χ0v) is 58.1. The van der Waals surface area contributed by atoms with Crippen molar-refractivity contribution in [2.24, 2.45) is 5.92 Å². The van der Waals surface area contributed by atoms with Gasteiger partial charge in [-0.25, -0.2) is 0 Å². The number of Topliss-reactive ketones (excluding diaryl/α,β-unsaturated/α-hetero) is 1. The summed E-state index contributed by atoms with van der Waals surface area (Å²) in [4.78, 5) is 29.1. The summed E-state index contributed by atoms with van der Waals surface area (Å²) < 4.78 is 2.16. The Labute approximate surface area is 523 Å². The van der Waals surface area contributed by atoms with Gasteiger partial charge in [-0.15, -0.1) is 0 Å². The van der Waals surface area contributed by atoms with Crippen molar-refractivity contribution in [3.05, 3.63) is 11.5 Å². The van der Waals surface area contributed by atoms with Crippen molar-refractivity contribution in [3.63, 3.8) is 0 Å². The topological polar surface area (TPSA) is 85.0 Å². The van der Waals surface area contributed by atoms with Crippen LogP contribution in [0.4, 0.5) is 0 Å². The van der Waals surface area contributed by atoms with Crippen LogP contribution in [0.2, 0.25) is 0 Å². The van der Waals surface area contributed by atoms with Crippen molar-refractivity contribution in [3.8, 4) is 0 Å². The lowest BCUT2D eigenvalue weighted by molar-refractivity contribution is -0.912. The highest BCUT2D eigenvalue weighted by atomic mass is 16.2. The average Bonchev–Trinajstić information content (AvgIpc) is 3.48. The van der Waals surface area contributed by atoms with Crippen LogP contribution in [0.3, 0.4) is 0 Å². The molecule has 1 amide bonds. The van der Waals surface area contributed by atoms with Gasteiger partial charge in [0.15, 0.2) is 0 Å². The fourth-order valence-corrected chi connectivity index (χ4v) is 13.4. The maximum absolute atomic E-state index is 13.6. The molecule has 0 aromatic carbocycles. The van der Waals surface area contributed by atoms with Crippen molar-refractivity contribution in [2.75, 3.05) is 80.0 Å². The minimum atomic E-state index is 0.188. The molecule has 0 bridgehead atoms. The molecule has 0 saturated heterocycles. The van der Waals surface area contributed by atoms with Crippen LogP contribution in [0, 0.1) is 5.92 Å². The van der Waals surface area contributed by atoms with Crippen LogP contribution in [-0.4, -0.2) is 106 Å². The predicted molar refractivity (Wildman–Crippen MR) is 371 cm³/mol. The number of hydrogen-bond donors (Lipinski definition) is 0. The van der Waals surface area contributed by atoms with Gasteiger partial charge in [0, 0.05) is 51.1 Å². The summed E-state index contributed by atoms with van der Waals surface area (Å²) in [5.74, 6) is 0.910. The van der Waals surface area contributed by atoms with Crippen molar-refractivity contribution >= 4 is 11.7 Å². The van der Waals surface area contributed by atoms with E-state index in [1.165, 1.54) is 341 Å². The number of rotatable bonds is 71. The van der Waals surface area contributed by atoms with Gasteiger partial charge in [-0.3, -0.25) is 9.59 Å². The molecule has 0 aliphatic carbocycles. The van der Waals surface area contributed by atoms with Gasteiger partial charge in [-0.2, -0.15) is 13.1 Å². The second-order valence-corrected chi connectivity index (χ2v) is 28.3. The standard InChI is InChI=1S/C76H155N5O2/c1-7-10-13-16-19-22-25-28-31-34-37-40-43-46-49-52-61-74(75(82)63-57-65-77)62-59-73-81(6,71-54-51-48-45-42-39-36-33-30-27-24-21-18-15-12-9-3)72-56-55-69-80(4,5)70-60-68-79(76(83)64-58-66-78)67-53-50-47-44-41-38-35-32-29-26-23-20-17-14-11-8-2/h74,77-78H,7-73H2,1-6H3. The molecule has 0 fully saturated rings. The van der Waals surface area contributed by atoms with Crippen LogP contribution >= 0.6 is 0 Å². The van der Waals surface area contributed by atoms with Gasteiger partial charge < -0.3 is 25.3 Å². The van der Waals surface area contributed by atoms with E-state index in [1.54, 1.807) is 0 Å². The molecule has 2 atom stereocenters. The van der Waals surface area contributed by atoms with Gasteiger partial charge in [-0.1, -0.05) is 323 Å². The Morgan fingerprint density at radius 3 is 0.940 bits per heavy atom. The van der Waals surface area contributed by atoms with Gasteiger partial charge in [0.25, 0.3) is 0 Å². The van der Waals surface area contributed by atoms with Crippen molar-refractivity contribution in [1.82, 2.24) is 4.90 Å². The molecule has 0 heterocycles. The number of quaternary nitrogens is 2. The smallest absolute Gasteiger partial charge is 0.222 e. The van der Waals surface area contributed by atoms with E-state index in [0.717, 1.165) is 67.1 Å². The summed E-state index contributed by atoms with van der Waals surface area (Å²) in [6, 6.07) is 0. The quantitative estimate of drug-likeness (QED) is 0.0449. The molecule has 0 radical (unpaired) electrons. The largest absolute Gasteiger partial charge is 0.677 e. The summed E-state index contributed by atoms with van der Waals surface area (Å²) in [5.41, 5.74) is 15.5. The summed E-state index contributed by atoms with van der Waals surface area (Å²) in [5, 5.41) is 0. The fourth-order valence-electron chi connectivity index (χ4n) is 13.4. The molecule has 2 unspecified atom stereocenters. The first-order valence-corrected chi connectivity index (χ1v) is 38.3.